The number of nitrogens with zero attached hydrogens (tertiary/aromatic N) is 1. The lowest BCUT2D eigenvalue weighted by Gasteiger charge is -2.21. The van der Waals surface area contributed by atoms with Crippen LogP contribution in [-0.2, 0) is 20.7 Å². The van der Waals surface area contributed by atoms with Gasteiger partial charge in [-0.25, -0.2) is 0 Å². The first-order chi connectivity index (χ1) is 10.6. The number of hydrogen-bond acceptors (Lipinski definition) is 3. The lowest BCUT2D eigenvalue weighted by Crippen LogP contribution is -2.39. The molecule has 0 aliphatic carbocycles. The summed E-state index contributed by atoms with van der Waals surface area (Å²) in [6, 6.07) is 7.83. The summed E-state index contributed by atoms with van der Waals surface area (Å²) in [7, 11) is 0. The third-order valence-electron chi connectivity index (χ3n) is 5.04. The molecular weight excluding hydrogens is 282 g/mol. The molecule has 1 aromatic rings. The van der Waals surface area contributed by atoms with Crippen LogP contribution in [0.25, 0.3) is 0 Å². The Morgan fingerprint density at radius 2 is 2.14 bits per heavy atom. The van der Waals surface area contributed by atoms with E-state index in [1.165, 1.54) is 5.56 Å². The molecule has 114 valence electrons. The van der Waals surface area contributed by atoms with Gasteiger partial charge < -0.3 is 14.7 Å². The number of carboxylic acid groups (broad SMARTS) is 1. The van der Waals surface area contributed by atoms with Crippen LogP contribution < -0.4 is 4.90 Å². The zero-order valence-electron chi connectivity index (χ0n) is 12.2. The molecule has 3 aliphatic rings. The summed E-state index contributed by atoms with van der Waals surface area (Å²) in [6.45, 7) is 2.47. The molecule has 0 radical (unpaired) electrons. The largest absolute Gasteiger partial charge is 0.481 e. The molecule has 4 atom stereocenters. The van der Waals surface area contributed by atoms with E-state index in [-0.39, 0.29) is 5.91 Å². The van der Waals surface area contributed by atoms with Crippen molar-refractivity contribution in [2.45, 2.75) is 25.0 Å². The van der Waals surface area contributed by atoms with Gasteiger partial charge in [0.2, 0.25) is 5.91 Å². The maximum atomic E-state index is 12.8. The van der Waals surface area contributed by atoms with Gasteiger partial charge in [0.25, 0.3) is 0 Å². The third kappa shape index (κ3) is 1.63. The van der Waals surface area contributed by atoms with Crippen molar-refractivity contribution in [2.75, 3.05) is 11.4 Å². The Hall–Kier alpha value is -2.14. The van der Waals surface area contributed by atoms with Crippen molar-refractivity contribution >= 4 is 17.6 Å². The van der Waals surface area contributed by atoms with Gasteiger partial charge in [-0.3, -0.25) is 9.59 Å². The van der Waals surface area contributed by atoms with E-state index in [2.05, 4.69) is 6.92 Å². The Kier molecular flexibility index (Phi) is 2.72. The van der Waals surface area contributed by atoms with E-state index in [0.717, 1.165) is 12.1 Å². The summed E-state index contributed by atoms with van der Waals surface area (Å²) in [5.41, 5.74) is 1.23. The van der Waals surface area contributed by atoms with Gasteiger partial charge >= 0.3 is 5.97 Å². The van der Waals surface area contributed by atoms with Crippen LogP contribution >= 0.6 is 0 Å². The van der Waals surface area contributed by atoms with E-state index < -0.39 is 29.5 Å². The van der Waals surface area contributed by atoms with Crippen molar-refractivity contribution in [3.8, 4) is 0 Å². The number of carbonyl (C=O) groups excluding carboxylic acids is 1. The Balaban J connectivity index is 1.70. The number of aliphatic carboxylic acids is 1. The molecular formula is C17H17NO4. The van der Waals surface area contributed by atoms with E-state index in [9.17, 15) is 14.7 Å². The van der Waals surface area contributed by atoms with Gasteiger partial charge in [-0.05, 0) is 24.1 Å². The minimum absolute atomic E-state index is 0.150. The molecule has 0 saturated carbocycles. The molecule has 22 heavy (non-hydrogen) atoms. The summed E-state index contributed by atoms with van der Waals surface area (Å²) in [5.74, 6) is -2.51. The number of benzene rings is 1. The number of rotatable bonds is 3. The molecule has 0 aromatic heterocycles. The quantitative estimate of drug-likeness (QED) is 0.861. The molecule has 3 heterocycles. The summed E-state index contributed by atoms with van der Waals surface area (Å²) in [5, 5.41) is 9.44. The van der Waals surface area contributed by atoms with Crippen molar-refractivity contribution in [3.63, 3.8) is 0 Å². The normalized spacial score (nSPS) is 35.2. The van der Waals surface area contributed by atoms with Crippen molar-refractivity contribution in [1.82, 2.24) is 0 Å². The molecule has 5 heteroatoms. The molecule has 2 saturated heterocycles. The number of aryl methyl sites for hydroxylation is 1. The molecule has 5 nitrogen and oxygen atoms in total. The highest BCUT2D eigenvalue weighted by molar-refractivity contribution is 6.02. The van der Waals surface area contributed by atoms with Crippen molar-refractivity contribution in [1.29, 1.82) is 0 Å². The maximum Gasteiger partial charge on any atom is 0.310 e. The first-order valence-electron chi connectivity index (χ1n) is 7.56. The number of fused-ring (bicyclic) bond motifs is 1. The van der Waals surface area contributed by atoms with Gasteiger partial charge in [0.05, 0.1) is 18.6 Å². The summed E-state index contributed by atoms with van der Waals surface area (Å²) in [4.78, 5) is 26.0. The lowest BCUT2D eigenvalue weighted by molar-refractivity contribution is -0.146. The van der Waals surface area contributed by atoms with Crippen LogP contribution in [-0.4, -0.2) is 35.2 Å². The first kappa shape index (κ1) is 13.5. The van der Waals surface area contributed by atoms with Gasteiger partial charge in [-0.15, -0.1) is 0 Å². The smallest absolute Gasteiger partial charge is 0.310 e. The average molecular weight is 299 g/mol. The van der Waals surface area contributed by atoms with Crippen LogP contribution in [0.5, 0.6) is 0 Å². The second-order valence-electron chi connectivity index (χ2n) is 6.18. The molecule has 3 aliphatic heterocycles. The van der Waals surface area contributed by atoms with Crippen molar-refractivity contribution in [2.24, 2.45) is 11.8 Å². The third-order valence-corrected chi connectivity index (χ3v) is 5.04. The van der Waals surface area contributed by atoms with Crippen LogP contribution in [0.2, 0.25) is 0 Å². The highest BCUT2D eigenvalue weighted by atomic mass is 16.5. The molecule has 4 rings (SSSR count). The molecule has 2 bridgehead atoms. The summed E-state index contributed by atoms with van der Waals surface area (Å²) >= 11 is 0. The average Bonchev–Trinajstić information content (AvgIpc) is 3.15. The molecule has 1 N–H and O–H groups in total. The number of amides is 1. The Labute approximate surface area is 128 Å². The van der Waals surface area contributed by atoms with E-state index in [1.807, 2.05) is 30.3 Å². The van der Waals surface area contributed by atoms with Gasteiger partial charge in [-0.2, -0.15) is 0 Å². The van der Waals surface area contributed by atoms with Crippen LogP contribution in [0.3, 0.4) is 0 Å². The highest BCUT2D eigenvalue weighted by Crippen LogP contribution is 2.52. The van der Waals surface area contributed by atoms with Gasteiger partial charge in [0.1, 0.15) is 11.5 Å². The number of carboxylic acids is 1. The lowest BCUT2D eigenvalue weighted by atomic mass is 9.77. The number of carbonyl (C=O) groups is 2. The van der Waals surface area contributed by atoms with Crippen molar-refractivity contribution in [3.05, 3.63) is 42.0 Å². The first-order valence-corrected chi connectivity index (χ1v) is 7.56. The van der Waals surface area contributed by atoms with Gasteiger partial charge in [0, 0.05) is 5.69 Å². The minimum Gasteiger partial charge on any atom is -0.481 e. The van der Waals surface area contributed by atoms with Crippen LogP contribution in [0.1, 0.15) is 12.5 Å². The second kappa shape index (κ2) is 4.43. The SMILES string of the molecule is CCc1ccc(N2C[C@@]34C=C[C@@H](O3)[C@@H](C(=O)O)[C@H]4C2=O)cc1. The Morgan fingerprint density at radius 3 is 2.77 bits per heavy atom. The second-order valence-corrected chi connectivity index (χ2v) is 6.18. The summed E-state index contributed by atoms with van der Waals surface area (Å²) < 4.78 is 5.87. The van der Waals surface area contributed by atoms with Crippen LogP contribution in [0, 0.1) is 11.8 Å². The predicted octanol–water partition coefficient (Wildman–Crippen LogP) is 1.62. The van der Waals surface area contributed by atoms with E-state index in [0.29, 0.717) is 6.54 Å². The highest BCUT2D eigenvalue weighted by Gasteiger charge is 2.67. The number of hydrogen-bond donors (Lipinski definition) is 1. The molecule has 1 aromatic carbocycles. The zero-order chi connectivity index (χ0) is 15.5. The van der Waals surface area contributed by atoms with Crippen molar-refractivity contribution < 1.29 is 19.4 Å². The van der Waals surface area contributed by atoms with Crippen LogP contribution in [0.15, 0.2) is 36.4 Å². The standard InChI is InChI=1S/C17H17NO4/c1-2-10-3-5-11(6-4-10)18-9-17-8-7-12(22-17)13(16(20)21)14(17)15(18)19/h3-8,12-14H,2,9H2,1H3,(H,20,21)/t12-,13-,14+,17-/m1/s1. The number of anilines is 1. The van der Waals surface area contributed by atoms with E-state index in [4.69, 9.17) is 4.74 Å². The summed E-state index contributed by atoms with van der Waals surface area (Å²) in [6.07, 6.45) is 4.12. The van der Waals surface area contributed by atoms with Crippen LogP contribution in [0.4, 0.5) is 5.69 Å². The zero-order valence-corrected chi connectivity index (χ0v) is 12.2. The molecule has 1 spiro atoms. The molecule has 1 amide bonds. The van der Waals surface area contributed by atoms with Gasteiger partial charge in [0.15, 0.2) is 0 Å². The number of ether oxygens (including phenoxy) is 1. The fraction of sp³-hybridized carbons (Fsp3) is 0.412. The van der Waals surface area contributed by atoms with E-state index in [1.54, 1.807) is 11.0 Å². The Morgan fingerprint density at radius 1 is 1.41 bits per heavy atom. The minimum atomic E-state index is -0.960. The molecule has 2 fully saturated rings. The predicted molar refractivity (Wildman–Crippen MR) is 79.5 cm³/mol. The monoisotopic (exact) mass is 299 g/mol. The van der Waals surface area contributed by atoms with Gasteiger partial charge in [-0.1, -0.05) is 31.2 Å². The maximum absolute atomic E-state index is 12.8. The Bertz CT molecular complexity index is 680. The topological polar surface area (TPSA) is 66.8 Å². The molecule has 0 unspecified atom stereocenters. The van der Waals surface area contributed by atoms with E-state index >= 15 is 0 Å². The fourth-order valence-electron chi connectivity index (χ4n) is 3.91. The fourth-order valence-corrected chi connectivity index (χ4v) is 3.91.